The van der Waals surface area contributed by atoms with Gasteiger partial charge in [0.2, 0.25) is 0 Å². The van der Waals surface area contributed by atoms with Crippen molar-refractivity contribution in [3.63, 3.8) is 0 Å². The first-order valence-corrected chi connectivity index (χ1v) is 20.3. The molecule has 4 nitrogen and oxygen atoms in total. The molecule has 0 aromatic carbocycles. The molecule has 41 heavy (non-hydrogen) atoms. The van der Waals surface area contributed by atoms with Crippen LogP contribution >= 0.6 is 0 Å². The average Bonchev–Trinajstić information content (AvgIpc) is 2.90. The second-order valence-corrected chi connectivity index (χ2v) is 17.0. The van der Waals surface area contributed by atoms with Crippen molar-refractivity contribution in [1.82, 2.24) is 0 Å². The normalized spacial score (nSPS) is 13.5. The van der Waals surface area contributed by atoms with Crippen LogP contribution in [0.2, 0.25) is 6.04 Å². The van der Waals surface area contributed by atoms with Gasteiger partial charge >= 0.3 is 8.80 Å². The van der Waals surface area contributed by atoms with E-state index < -0.39 is 8.80 Å². The summed E-state index contributed by atoms with van der Waals surface area (Å²) in [5.41, 5.74) is 0. The van der Waals surface area contributed by atoms with E-state index in [1.54, 1.807) is 0 Å². The maximum absolute atomic E-state index is 6.63. The highest BCUT2D eigenvalue weighted by Gasteiger charge is 2.41. The smallest absolute Gasteiger partial charge is 0.374 e. The van der Waals surface area contributed by atoms with Gasteiger partial charge in [0.25, 0.3) is 0 Å². The highest BCUT2D eigenvalue weighted by atomic mass is 28.4. The molecule has 0 saturated heterocycles. The standard InChI is InChI=1S/C36H78NO3Si/c1-10-13-14-15-16-17-18-19-20-21-22-23-24-25-26-27-29-37(8,9)30-28-31-41(38-11-2,39-12-3)40-33-36(35(6)7)32-34(4)5/h34-36H,10-33H2,1-9H3/q+1. The Labute approximate surface area is 261 Å². The second-order valence-electron chi connectivity index (χ2n) is 14.3. The van der Waals surface area contributed by atoms with Crippen molar-refractivity contribution >= 4 is 8.80 Å². The second kappa shape index (κ2) is 26.5. The highest BCUT2D eigenvalue weighted by Crippen LogP contribution is 2.26. The van der Waals surface area contributed by atoms with Crippen molar-refractivity contribution in [2.75, 3.05) is 47.0 Å². The number of hydrogen-bond donors (Lipinski definition) is 0. The van der Waals surface area contributed by atoms with Gasteiger partial charge in [0.05, 0.1) is 27.2 Å². The fraction of sp³-hybridized carbons (Fsp3) is 1.00. The first-order chi connectivity index (χ1) is 19.6. The van der Waals surface area contributed by atoms with Gasteiger partial charge in [0.15, 0.2) is 0 Å². The van der Waals surface area contributed by atoms with Gasteiger partial charge in [-0.05, 0) is 50.9 Å². The van der Waals surface area contributed by atoms with Crippen LogP contribution in [0.3, 0.4) is 0 Å². The van der Waals surface area contributed by atoms with Gasteiger partial charge in [-0.25, -0.2) is 0 Å². The van der Waals surface area contributed by atoms with Gasteiger partial charge in [0, 0.05) is 32.3 Å². The monoisotopic (exact) mass is 601 g/mol. The zero-order chi connectivity index (χ0) is 30.8. The molecule has 0 saturated carbocycles. The molecular weight excluding hydrogens is 522 g/mol. The molecule has 5 heteroatoms. The molecule has 0 amide bonds. The van der Waals surface area contributed by atoms with Crippen LogP contribution in [0.25, 0.3) is 0 Å². The summed E-state index contributed by atoms with van der Waals surface area (Å²) in [5.74, 6) is 1.86. The Balaban J connectivity index is 4.15. The van der Waals surface area contributed by atoms with E-state index in [0.29, 0.717) is 31.0 Å². The van der Waals surface area contributed by atoms with Crippen LogP contribution < -0.4 is 0 Å². The molecule has 0 fully saturated rings. The average molecular weight is 601 g/mol. The van der Waals surface area contributed by atoms with Crippen molar-refractivity contribution in [3.8, 4) is 0 Å². The zero-order valence-corrected chi connectivity index (χ0v) is 30.9. The third-order valence-corrected chi connectivity index (χ3v) is 11.9. The number of quaternary nitrogens is 1. The van der Waals surface area contributed by atoms with E-state index >= 15 is 0 Å². The number of unbranched alkanes of at least 4 members (excludes halogenated alkanes) is 15. The van der Waals surface area contributed by atoms with E-state index in [2.05, 4.69) is 62.6 Å². The van der Waals surface area contributed by atoms with Crippen molar-refractivity contribution in [3.05, 3.63) is 0 Å². The van der Waals surface area contributed by atoms with Gasteiger partial charge < -0.3 is 17.8 Å². The number of rotatable bonds is 31. The van der Waals surface area contributed by atoms with E-state index in [-0.39, 0.29) is 0 Å². The van der Waals surface area contributed by atoms with E-state index in [4.69, 9.17) is 13.3 Å². The first-order valence-electron chi connectivity index (χ1n) is 18.3. The van der Waals surface area contributed by atoms with Gasteiger partial charge in [-0.1, -0.05) is 125 Å². The fourth-order valence-corrected chi connectivity index (χ4v) is 8.70. The molecule has 0 heterocycles. The summed E-state index contributed by atoms with van der Waals surface area (Å²) in [6.45, 7) is 20.2. The maximum Gasteiger partial charge on any atom is 0.501 e. The molecule has 248 valence electrons. The Morgan fingerprint density at radius 3 is 1.34 bits per heavy atom. The molecule has 0 aromatic heterocycles. The van der Waals surface area contributed by atoms with E-state index in [1.165, 1.54) is 116 Å². The maximum atomic E-state index is 6.63. The Hall–Kier alpha value is 0.0569. The van der Waals surface area contributed by atoms with E-state index in [9.17, 15) is 0 Å². The van der Waals surface area contributed by atoms with E-state index in [0.717, 1.165) is 30.1 Å². The topological polar surface area (TPSA) is 27.7 Å². The van der Waals surface area contributed by atoms with Gasteiger partial charge in [-0.2, -0.15) is 0 Å². The van der Waals surface area contributed by atoms with Crippen LogP contribution in [0.1, 0.15) is 164 Å². The van der Waals surface area contributed by atoms with Crippen LogP contribution in [0, 0.1) is 17.8 Å². The molecule has 1 atom stereocenters. The molecule has 0 bridgehead atoms. The lowest BCUT2D eigenvalue weighted by Crippen LogP contribution is -2.49. The minimum absolute atomic E-state index is 0.560. The molecule has 0 N–H and O–H groups in total. The Morgan fingerprint density at radius 1 is 0.537 bits per heavy atom. The SMILES string of the molecule is CCCCCCCCCCCCCCCCCC[N+](C)(C)CCC[Si](OCC)(OCC)OCC(CC(C)C)C(C)C. The molecule has 0 aromatic rings. The first kappa shape index (κ1) is 41.1. The molecule has 0 aliphatic heterocycles. The largest absolute Gasteiger partial charge is 0.501 e. The third kappa shape index (κ3) is 24.1. The summed E-state index contributed by atoms with van der Waals surface area (Å²) in [6.07, 6.45) is 25.2. The van der Waals surface area contributed by atoms with Crippen molar-refractivity contribution in [2.24, 2.45) is 17.8 Å². The Bertz CT molecular complexity index is 549. The lowest BCUT2D eigenvalue weighted by Gasteiger charge is -2.34. The number of hydrogen-bond acceptors (Lipinski definition) is 3. The molecule has 0 aliphatic carbocycles. The fourth-order valence-electron chi connectivity index (χ4n) is 6.08. The summed E-state index contributed by atoms with van der Waals surface area (Å²) in [7, 11) is 2.15. The molecule has 0 rings (SSSR count). The summed E-state index contributed by atoms with van der Waals surface area (Å²) < 4.78 is 20.3. The van der Waals surface area contributed by atoms with Crippen molar-refractivity contribution in [2.45, 2.75) is 170 Å². The van der Waals surface area contributed by atoms with Crippen LogP contribution in [0.5, 0.6) is 0 Å². The minimum atomic E-state index is -2.64. The van der Waals surface area contributed by atoms with E-state index in [1.807, 2.05) is 0 Å². The molecule has 0 spiro atoms. The molecule has 0 aliphatic rings. The minimum Gasteiger partial charge on any atom is -0.374 e. The van der Waals surface area contributed by atoms with Crippen LogP contribution in [-0.2, 0) is 13.3 Å². The Morgan fingerprint density at radius 2 is 0.951 bits per heavy atom. The van der Waals surface area contributed by atoms with Crippen LogP contribution in [0.15, 0.2) is 0 Å². The number of nitrogens with zero attached hydrogens (tertiary/aromatic N) is 1. The molecule has 0 radical (unpaired) electrons. The summed E-state index contributed by atoms with van der Waals surface area (Å²) >= 11 is 0. The quantitative estimate of drug-likeness (QED) is 0.0450. The Kier molecular flexibility index (Phi) is 26.5. The predicted molar refractivity (Wildman–Crippen MR) is 184 cm³/mol. The lowest BCUT2D eigenvalue weighted by molar-refractivity contribution is -0.890. The van der Waals surface area contributed by atoms with Crippen molar-refractivity contribution < 1.29 is 17.8 Å². The zero-order valence-electron chi connectivity index (χ0n) is 29.9. The highest BCUT2D eigenvalue weighted by molar-refractivity contribution is 6.60. The van der Waals surface area contributed by atoms with Gasteiger partial charge in [-0.15, -0.1) is 0 Å². The summed E-state index contributed by atoms with van der Waals surface area (Å²) in [5, 5.41) is 0. The lowest BCUT2D eigenvalue weighted by atomic mass is 9.88. The van der Waals surface area contributed by atoms with Gasteiger partial charge in [0.1, 0.15) is 0 Å². The van der Waals surface area contributed by atoms with Crippen LogP contribution in [0.4, 0.5) is 0 Å². The predicted octanol–water partition coefficient (Wildman–Crippen LogP) is 11.1. The van der Waals surface area contributed by atoms with Crippen LogP contribution in [-0.4, -0.2) is 60.3 Å². The third-order valence-electron chi connectivity index (χ3n) is 8.83. The molecular formula is C36H78NO3Si+. The summed E-state index contributed by atoms with van der Waals surface area (Å²) in [4.78, 5) is 0. The van der Waals surface area contributed by atoms with Gasteiger partial charge in [-0.3, -0.25) is 0 Å². The summed E-state index contributed by atoms with van der Waals surface area (Å²) in [6, 6.07) is 0.932. The molecule has 1 unspecified atom stereocenters. The van der Waals surface area contributed by atoms with Crippen molar-refractivity contribution in [1.29, 1.82) is 0 Å².